The number of rotatable bonds is 6. The van der Waals surface area contributed by atoms with Crippen molar-refractivity contribution in [2.45, 2.75) is 24.3 Å². The molecule has 1 N–H and O–H groups in total. The Morgan fingerprint density at radius 3 is 2.55 bits per heavy atom. The summed E-state index contributed by atoms with van der Waals surface area (Å²) in [4.78, 5) is 28.5. The van der Waals surface area contributed by atoms with Gasteiger partial charge in [0.15, 0.2) is 0 Å². The first kappa shape index (κ1) is 21.7. The van der Waals surface area contributed by atoms with Gasteiger partial charge in [-0.15, -0.1) is 11.8 Å². The number of halogens is 1. The fourth-order valence-corrected chi connectivity index (χ4v) is 4.89. The monoisotopic (exact) mass is 494 g/mol. The van der Waals surface area contributed by atoms with E-state index in [0.29, 0.717) is 17.9 Å². The van der Waals surface area contributed by atoms with E-state index < -0.39 is 0 Å². The van der Waals surface area contributed by atoms with Gasteiger partial charge in [0.2, 0.25) is 5.91 Å². The number of para-hydroxylation sites is 1. The molecule has 0 spiro atoms. The number of hydrogen-bond acceptors (Lipinski definition) is 3. The highest BCUT2D eigenvalue weighted by atomic mass is 79.9. The maximum Gasteiger partial charge on any atom is 0.252 e. The molecule has 0 saturated carbocycles. The molecule has 6 heteroatoms. The standard InChI is InChI=1S/C25H23BrN2O2S/c1-17(18-10-12-20(26)13-11-18)27-25(30)21-7-3-5-9-23(21)31-16-24(29)28-15-14-19-6-2-4-8-22(19)28/h2-13,17H,14-16H2,1H3,(H,27,30). The van der Waals surface area contributed by atoms with Crippen molar-refractivity contribution in [3.8, 4) is 0 Å². The topological polar surface area (TPSA) is 49.4 Å². The maximum atomic E-state index is 13.0. The highest BCUT2D eigenvalue weighted by Gasteiger charge is 2.24. The molecule has 31 heavy (non-hydrogen) atoms. The van der Waals surface area contributed by atoms with E-state index in [1.54, 1.807) is 0 Å². The van der Waals surface area contributed by atoms with Crippen molar-refractivity contribution in [1.82, 2.24) is 5.32 Å². The molecule has 1 unspecified atom stereocenters. The normalized spacial score (nSPS) is 13.5. The molecule has 0 aromatic heterocycles. The van der Waals surface area contributed by atoms with E-state index in [1.807, 2.05) is 78.6 Å². The number of anilines is 1. The third kappa shape index (κ3) is 5.02. The molecule has 1 atom stereocenters. The minimum Gasteiger partial charge on any atom is -0.345 e. The Labute approximate surface area is 195 Å². The van der Waals surface area contributed by atoms with Gasteiger partial charge in [-0.2, -0.15) is 0 Å². The smallest absolute Gasteiger partial charge is 0.252 e. The lowest BCUT2D eigenvalue weighted by atomic mass is 10.1. The number of amides is 2. The number of hydrogen-bond donors (Lipinski definition) is 1. The second kappa shape index (κ2) is 9.71. The molecule has 4 nitrogen and oxygen atoms in total. The summed E-state index contributed by atoms with van der Waals surface area (Å²) in [5.74, 6) is 0.215. The maximum absolute atomic E-state index is 13.0. The van der Waals surface area contributed by atoms with Crippen molar-refractivity contribution in [2.75, 3.05) is 17.2 Å². The van der Waals surface area contributed by atoms with Crippen LogP contribution in [0.1, 0.15) is 34.5 Å². The van der Waals surface area contributed by atoms with Crippen molar-refractivity contribution in [3.05, 3.63) is 94.0 Å². The number of benzene rings is 3. The van der Waals surface area contributed by atoms with E-state index in [-0.39, 0.29) is 17.9 Å². The van der Waals surface area contributed by atoms with Crippen LogP contribution >= 0.6 is 27.7 Å². The number of nitrogens with one attached hydrogen (secondary N) is 1. The second-order valence-corrected chi connectivity index (χ2v) is 9.39. The zero-order chi connectivity index (χ0) is 21.8. The molecule has 1 heterocycles. The zero-order valence-electron chi connectivity index (χ0n) is 17.2. The van der Waals surface area contributed by atoms with Crippen LogP contribution < -0.4 is 10.2 Å². The first-order valence-corrected chi connectivity index (χ1v) is 12.0. The molecule has 3 aromatic rings. The van der Waals surface area contributed by atoms with Crippen LogP contribution in [0.4, 0.5) is 5.69 Å². The number of carbonyl (C=O) groups is 2. The molecule has 1 aliphatic rings. The van der Waals surface area contributed by atoms with Crippen LogP contribution in [0.25, 0.3) is 0 Å². The number of carbonyl (C=O) groups excluding carboxylic acids is 2. The quantitative estimate of drug-likeness (QED) is 0.452. The van der Waals surface area contributed by atoms with Crippen LogP contribution in [-0.2, 0) is 11.2 Å². The van der Waals surface area contributed by atoms with Crippen LogP contribution in [0.3, 0.4) is 0 Å². The third-order valence-corrected chi connectivity index (χ3v) is 6.98. The van der Waals surface area contributed by atoms with Crippen LogP contribution in [0, 0.1) is 0 Å². The van der Waals surface area contributed by atoms with Crippen LogP contribution in [-0.4, -0.2) is 24.1 Å². The Morgan fingerprint density at radius 1 is 1.03 bits per heavy atom. The molecule has 0 aliphatic carbocycles. The number of fused-ring (bicyclic) bond motifs is 1. The highest BCUT2D eigenvalue weighted by molar-refractivity contribution is 9.10. The van der Waals surface area contributed by atoms with Crippen LogP contribution in [0.5, 0.6) is 0 Å². The third-order valence-electron chi connectivity index (χ3n) is 5.39. The average Bonchev–Trinajstić information content (AvgIpc) is 3.22. The lowest BCUT2D eigenvalue weighted by molar-refractivity contribution is -0.116. The van der Waals surface area contributed by atoms with Crippen LogP contribution in [0.2, 0.25) is 0 Å². The van der Waals surface area contributed by atoms with Crippen LogP contribution in [0.15, 0.2) is 82.2 Å². The highest BCUT2D eigenvalue weighted by Crippen LogP contribution is 2.30. The zero-order valence-corrected chi connectivity index (χ0v) is 19.6. The first-order chi connectivity index (χ1) is 15.0. The Morgan fingerprint density at radius 2 is 1.74 bits per heavy atom. The minimum atomic E-state index is -0.141. The predicted molar refractivity (Wildman–Crippen MR) is 130 cm³/mol. The molecule has 4 rings (SSSR count). The SMILES string of the molecule is CC(NC(=O)c1ccccc1SCC(=O)N1CCc2ccccc21)c1ccc(Br)cc1. The van der Waals surface area contributed by atoms with Gasteiger partial charge in [-0.3, -0.25) is 9.59 Å². The summed E-state index contributed by atoms with van der Waals surface area (Å²) in [6.07, 6.45) is 0.888. The van der Waals surface area contributed by atoms with Gasteiger partial charge in [-0.05, 0) is 54.8 Å². The fourth-order valence-electron chi connectivity index (χ4n) is 3.70. The summed E-state index contributed by atoms with van der Waals surface area (Å²) in [5.41, 5.74) is 3.83. The molecular formula is C25H23BrN2O2S. The minimum absolute atomic E-state index is 0.0633. The largest absolute Gasteiger partial charge is 0.345 e. The number of thioether (sulfide) groups is 1. The van der Waals surface area contributed by atoms with Crippen molar-refractivity contribution in [3.63, 3.8) is 0 Å². The predicted octanol–water partition coefficient (Wildman–Crippen LogP) is 5.62. The number of nitrogens with zero attached hydrogens (tertiary/aromatic N) is 1. The van der Waals surface area contributed by atoms with Gasteiger partial charge in [-0.25, -0.2) is 0 Å². The van der Waals surface area contributed by atoms with E-state index in [4.69, 9.17) is 0 Å². The summed E-state index contributed by atoms with van der Waals surface area (Å²) in [6, 6.07) is 23.3. The summed E-state index contributed by atoms with van der Waals surface area (Å²) < 4.78 is 1.00. The van der Waals surface area contributed by atoms with Gasteiger partial charge in [0.05, 0.1) is 17.4 Å². The van der Waals surface area contributed by atoms with Gasteiger partial charge < -0.3 is 10.2 Å². The molecule has 2 amide bonds. The molecule has 1 aliphatic heterocycles. The molecule has 3 aromatic carbocycles. The molecule has 0 radical (unpaired) electrons. The first-order valence-electron chi connectivity index (χ1n) is 10.2. The summed E-state index contributed by atoms with van der Waals surface area (Å²) in [5, 5.41) is 3.07. The van der Waals surface area contributed by atoms with E-state index in [9.17, 15) is 9.59 Å². The average molecular weight is 495 g/mol. The van der Waals surface area contributed by atoms with Crippen molar-refractivity contribution >= 4 is 45.2 Å². The van der Waals surface area contributed by atoms with Gasteiger partial charge in [-0.1, -0.05) is 58.4 Å². The second-order valence-electron chi connectivity index (χ2n) is 7.46. The van der Waals surface area contributed by atoms with E-state index >= 15 is 0 Å². The van der Waals surface area contributed by atoms with Crippen molar-refractivity contribution in [1.29, 1.82) is 0 Å². The fraction of sp³-hybridized carbons (Fsp3) is 0.200. The Hall–Kier alpha value is -2.57. The molecule has 0 fully saturated rings. The lowest BCUT2D eigenvalue weighted by Gasteiger charge is -2.18. The Kier molecular flexibility index (Phi) is 6.78. The summed E-state index contributed by atoms with van der Waals surface area (Å²) in [7, 11) is 0. The van der Waals surface area contributed by atoms with Crippen molar-refractivity contribution < 1.29 is 9.59 Å². The Balaban J connectivity index is 1.42. The summed E-state index contributed by atoms with van der Waals surface area (Å²) in [6.45, 7) is 2.68. The molecular weight excluding hydrogens is 472 g/mol. The van der Waals surface area contributed by atoms with Gasteiger partial charge in [0, 0.05) is 21.6 Å². The van der Waals surface area contributed by atoms with Gasteiger partial charge >= 0.3 is 0 Å². The Bertz CT molecular complexity index is 1100. The van der Waals surface area contributed by atoms with Gasteiger partial charge in [0.1, 0.15) is 0 Å². The van der Waals surface area contributed by atoms with E-state index in [1.165, 1.54) is 17.3 Å². The van der Waals surface area contributed by atoms with E-state index in [2.05, 4.69) is 27.3 Å². The molecule has 0 bridgehead atoms. The molecule has 158 valence electrons. The van der Waals surface area contributed by atoms with E-state index in [0.717, 1.165) is 27.0 Å². The van der Waals surface area contributed by atoms with Gasteiger partial charge in [0.25, 0.3) is 5.91 Å². The summed E-state index contributed by atoms with van der Waals surface area (Å²) >= 11 is 4.84. The van der Waals surface area contributed by atoms with Crippen molar-refractivity contribution in [2.24, 2.45) is 0 Å². The lowest BCUT2D eigenvalue weighted by Crippen LogP contribution is -2.30. The molecule has 0 saturated heterocycles.